The van der Waals surface area contributed by atoms with Crippen molar-refractivity contribution >= 4 is 23.0 Å². The lowest BCUT2D eigenvalue weighted by atomic mass is 10.1. The van der Waals surface area contributed by atoms with E-state index in [0.717, 1.165) is 17.1 Å². The van der Waals surface area contributed by atoms with E-state index in [0.29, 0.717) is 26.2 Å². The zero-order valence-electron chi connectivity index (χ0n) is 15.3. The molecule has 0 aliphatic carbocycles. The summed E-state index contributed by atoms with van der Waals surface area (Å²) >= 11 is 0. The zero-order valence-corrected chi connectivity index (χ0v) is 15.3. The molecule has 0 spiro atoms. The van der Waals surface area contributed by atoms with Gasteiger partial charge in [0, 0.05) is 63.0 Å². The quantitative estimate of drug-likeness (QED) is 0.861. The van der Waals surface area contributed by atoms with Crippen LogP contribution in [0.15, 0.2) is 42.5 Å². The first-order valence-electron chi connectivity index (χ1n) is 9.27. The summed E-state index contributed by atoms with van der Waals surface area (Å²) in [7, 11) is 0. The van der Waals surface area contributed by atoms with Gasteiger partial charge in [-0.2, -0.15) is 0 Å². The van der Waals surface area contributed by atoms with Crippen LogP contribution >= 0.6 is 0 Å². The van der Waals surface area contributed by atoms with Crippen molar-refractivity contribution < 1.29 is 13.6 Å². The molecule has 0 unspecified atom stereocenters. The van der Waals surface area contributed by atoms with Crippen LogP contribution in [0.1, 0.15) is 30.9 Å². The minimum atomic E-state index is -2.52. The molecule has 0 bridgehead atoms. The topological polar surface area (TPSA) is 35.6 Å². The first-order valence-corrected chi connectivity index (χ1v) is 9.27. The van der Waals surface area contributed by atoms with Crippen molar-refractivity contribution in [2.45, 2.75) is 38.8 Å². The van der Waals surface area contributed by atoms with Crippen LogP contribution < -0.4 is 10.2 Å². The third kappa shape index (κ3) is 3.89. The van der Waals surface area contributed by atoms with Gasteiger partial charge in [-0.1, -0.05) is 6.07 Å². The van der Waals surface area contributed by atoms with Gasteiger partial charge in [-0.3, -0.25) is 4.79 Å². The maximum atomic E-state index is 13.3. The highest BCUT2D eigenvalue weighted by Crippen LogP contribution is 2.32. The molecule has 0 radical (unpaired) electrons. The molecule has 1 saturated heterocycles. The number of piperidine rings is 1. The smallest absolute Gasteiger partial charge is 0.251 e. The second kappa shape index (κ2) is 6.83. The molecular weight excluding hydrogens is 348 g/mol. The molecule has 2 aromatic rings. The van der Waals surface area contributed by atoms with E-state index < -0.39 is 5.92 Å². The normalized spacial score (nSPS) is 18.3. The predicted octanol–water partition coefficient (Wildman–Crippen LogP) is 4.53. The Hall–Kier alpha value is -2.63. The number of alkyl halides is 2. The number of hydrogen-bond acceptors (Lipinski definition) is 3. The third-order valence-corrected chi connectivity index (χ3v) is 5.39. The van der Waals surface area contributed by atoms with E-state index in [-0.39, 0.29) is 18.7 Å². The van der Waals surface area contributed by atoms with Gasteiger partial charge in [0.05, 0.1) is 0 Å². The minimum Gasteiger partial charge on any atom is -0.371 e. The molecule has 27 heavy (non-hydrogen) atoms. The summed E-state index contributed by atoms with van der Waals surface area (Å²) in [5, 5.41) is 3.38. The Morgan fingerprint density at radius 1 is 0.963 bits per heavy atom. The molecule has 2 aliphatic heterocycles. The summed E-state index contributed by atoms with van der Waals surface area (Å²) in [6.07, 6.45) is -0.168. The molecule has 2 aromatic carbocycles. The third-order valence-electron chi connectivity index (χ3n) is 5.39. The molecule has 1 amide bonds. The van der Waals surface area contributed by atoms with Gasteiger partial charge in [-0.25, -0.2) is 8.78 Å². The fourth-order valence-electron chi connectivity index (χ4n) is 3.71. The summed E-state index contributed by atoms with van der Waals surface area (Å²) in [6.45, 7) is 3.69. The molecule has 6 heteroatoms. The van der Waals surface area contributed by atoms with Crippen LogP contribution in [0.25, 0.3) is 0 Å². The van der Waals surface area contributed by atoms with Gasteiger partial charge in [-0.05, 0) is 47.5 Å². The van der Waals surface area contributed by atoms with Crippen LogP contribution in [0.5, 0.6) is 0 Å². The van der Waals surface area contributed by atoms with Gasteiger partial charge in [0.2, 0.25) is 5.91 Å². The molecule has 4 nitrogen and oxygen atoms in total. The van der Waals surface area contributed by atoms with E-state index in [2.05, 4.69) is 17.4 Å². The summed E-state index contributed by atoms with van der Waals surface area (Å²) in [4.78, 5) is 15.4. The lowest BCUT2D eigenvalue weighted by Crippen LogP contribution is -2.39. The lowest BCUT2D eigenvalue weighted by Gasteiger charge is -2.33. The number of hydrogen-bond donors (Lipinski definition) is 1. The Kier molecular flexibility index (Phi) is 4.50. The number of halogens is 2. The van der Waals surface area contributed by atoms with Crippen LogP contribution in [0.3, 0.4) is 0 Å². The molecule has 2 heterocycles. The molecule has 2 aliphatic rings. The van der Waals surface area contributed by atoms with Gasteiger partial charge in [0.25, 0.3) is 5.92 Å². The second-order valence-corrected chi connectivity index (χ2v) is 7.37. The van der Waals surface area contributed by atoms with Gasteiger partial charge >= 0.3 is 0 Å². The molecule has 0 atom stereocenters. The van der Waals surface area contributed by atoms with E-state index in [1.165, 1.54) is 11.1 Å². The lowest BCUT2D eigenvalue weighted by molar-refractivity contribution is -0.129. The van der Waals surface area contributed by atoms with Crippen LogP contribution in [-0.2, 0) is 17.9 Å². The number of benzene rings is 2. The number of nitrogens with one attached hydrogen (secondary N) is 1. The van der Waals surface area contributed by atoms with Crippen molar-refractivity contribution in [3.05, 3.63) is 53.6 Å². The maximum absolute atomic E-state index is 13.3. The Balaban J connectivity index is 1.41. The number of nitrogens with zero attached hydrogens (tertiary/aromatic N) is 2. The van der Waals surface area contributed by atoms with Gasteiger partial charge in [0.1, 0.15) is 0 Å². The van der Waals surface area contributed by atoms with E-state index in [4.69, 9.17) is 0 Å². The van der Waals surface area contributed by atoms with Crippen molar-refractivity contribution in [3.8, 4) is 0 Å². The highest BCUT2D eigenvalue weighted by molar-refractivity contribution is 5.74. The Bertz CT molecular complexity index is 841. The monoisotopic (exact) mass is 371 g/mol. The average Bonchev–Trinajstić information content (AvgIpc) is 3.06. The number of carbonyl (C=O) groups is 1. The highest BCUT2D eigenvalue weighted by atomic mass is 19.3. The number of anilines is 3. The Morgan fingerprint density at radius 3 is 2.26 bits per heavy atom. The van der Waals surface area contributed by atoms with E-state index in [1.54, 1.807) is 6.92 Å². The summed E-state index contributed by atoms with van der Waals surface area (Å²) < 4.78 is 26.6. The SMILES string of the molecule is CC(=O)N1Cc2ccc(Nc3ccc(N4CCC(F)(F)CC4)cc3)cc2C1. The Morgan fingerprint density at radius 2 is 1.59 bits per heavy atom. The van der Waals surface area contributed by atoms with Gasteiger partial charge < -0.3 is 15.1 Å². The minimum absolute atomic E-state index is 0.0839. The molecule has 142 valence electrons. The van der Waals surface area contributed by atoms with Crippen molar-refractivity contribution in [1.82, 2.24) is 4.90 Å². The van der Waals surface area contributed by atoms with Gasteiger partial charge in [-0.15, -0.1) is 0 Å². The molecular formula is C21H23F2N3O. The van der Waals surface area contributed by atoms with Crippen LogP contribution in [-0.4, -0.2) is 29.8 Å². The largest absolute Gasteiger partial charge is 0.371 e. The predicted molar refractivity (Wildman–Crippen MR) is 102 cm³/mol. The summed E-state index contributed by atoms with van der Waals surface area (Å²) in [6, 6.07) is 14.0. The fourth-order valence-corrected chi connectivity index (χ4v) is 3.71. The Labute approximate surface area is 157 Å². The number of rotatable bonds is 3. The molecule has 0 saturated carbocycles. The average molecular weight is 371 g/mol. The van der Waals surface area contributed by atoms with E-state index in [1.807, 2.05) is 40.1 Å². The number of carbonyl (C=O) groups excluding carboxylic acids is 1. The van der Waals surface area contributed by atoms with Crippen LogP contribution in [0.2, 0.25) is 0 Å². The zero-order chi connectivity index (χ0) is 19.0. The first-order chi connectivity index (χ1) is 12.9. The number of amides is 1. The molecule has 1 fully saturated rings. The van der Waals surface area contributed by atoms with Crippen LogP contribution in [0.4, 0.5) is 25.8 Å². The molecule has 0 aromatic heterocycles. The van der Waals surface area contributed by atoms with Crippen molar-refractivity contribution in [2.75, 3.05) is 23.3 Å². The van der Waals surface area contributed by atoms with Crippen molar-refractivity contribution in [3.63, 3.8) is 0 Å². The van der Waals surface area contributed by atoms with Gasteiger partial charge in [0.15, 0.2) is 0 Å². The standard InChI is InChI=1S/C21H23F2N3O/c1-15(27)26-13-16-2-3-19(12-17(16)14-26)24-18-4-6-20(7-5-18)25-10-8-21(22,23)9-11-25/h2-7,12,24H,8-11,13-14H2,1H3. The van der Waals surface area contributed by atoms with E-state index in [9.17, 15) is 13.6 Å². The maximum Gasteiger partial charge on any atom is 0.251 e. The van der Waals surface area contributed by atoms with Crippen LogP contribution in [0, 0.1) is 0 Å². The number of fused-ring (bicyclic) bond motifs is 1. The van der Waals surface area contributed by atoms with Crippen molar-refractivity contribution in [1.29, 1.82) is 0 Å². The van der Waals surface area contributed by atoms with E-state index >= 15 is 0 Å². The fraction of sp³-hybridized carbons (Fsp3) is 0.381. The molecule has 1 N–H and O–H groups in total. The molecule has 4 rings (SSSR count). The summed E-state index contributed by atoms with van der Waals surface area (Å²) in [5.74, 6) is -2.43. The summed E-state index contributed by atoms with van der Waals surface area (Å²) in [5.41, 5.74) is 5.25. The highest BCUT2D eigenvalue weighted by Gasteiger charge is 2.33. The van der Waals surface area contributed by atoms with Crippen molar-refractivity contribution in [2.24, 2.45) is 0 Å². The second-order valence-electron chi connectivity index (χ2n) is 7.37. The first kappa shape index (κ1) is 17.8.